The maximum absolute atomic E-state index is 12.1. The molecule has 2 heterocycles. The summed E-state index contributed by atoms with van der Waals surface area (Å²) in [6, 6.07) is 4.45. The molecule has 0 radical (unpaired) electrons. The quantitative estimate of drug-likeness (QED) is 0.820. The first-order chi connectivity index (χ1) is 11.1. The maximum Gasteiger partial charge on any atom is 0.414 e. The lowest BCUT2D eigenvalue weighted by Gasteiger charge is -2.35. The zero-order valence-corrected chi connectivity index (χ0v) is 13.8. The van der Waals surface area contributed by atoms with Crippen LogP contribution in [0.2, 0.25) is 0 Å². The van der Waals surface area contributed by atoms with Crippen LogP contribution in [0.15, 0.2) is 12.1 Å². The predicted molar refractivity (Wildman–Crippen MR) is 91.0 cm³/mol. The number of ether oxygens (including phenoxy) is 2. The number of methoxy groups -OCH3 is 1. The number of nitrogen functional groups attached to an aromatic ring is 1. The van der Waals surface area contributed by atoms with Gasteiger partial charge in [-0.1, -0.05) is 0 Å². The monoisotopic (exact) mass is 319 g/mol. The van der Waals surface area contributed by atoms with E-state index >= 15 is 0 Å². The number of nitrogens with zero attached hydrogens (tertiary/aromatic N) is 1. The highest BCUT2D eigenvalue weighted by Gasteiger charge is 2.31. The molecule has 1 unspecified atom stereocenters. The third-order valence-corrected chi connectivity index (χ3v) is 4.80. The van der Waals surface area contributed by atoms with Gasteiger partial charge in [0.1, 0.15) is 0 Å². The summed E-state index contributed by atoms with van der Waals surface area (Å²) in [5, 5.41) is 3.53. The first kappa shape index (κ1) is 15.9. The number of nitrogens with one attached hydrogen (secondary N) is 1. The van der Waals surface area contributed by atoms with E-state index in [1.807, 2.05) is 19.1 Å². The van der Waals surface area contributed by atoms with Crippen LogP contribution in [-0.2, 0) is 15.9 Å². The number of carbonyl (C=O) groups excluding carboxylic acids is 1. The summed E-state index contributed by atoms with van der Waals surface area (Å²) in [6.07, 6.45) is 3.40. The Hall–Kier alpha value is -1.95. The van der Waals surface area contributed by atoms with Crippen LogP contribution in [0, 0.1) is 0 Å². The summed E-state index contributed by atoms with van der Waals surface area (Å²) in [6.45, 7) is 3.61. The minimum absolute atomic E-state index is 0.114. The molecule has 1 saturated heterocycles. The minimum atomic E-state index is -0.331. The topological polar surface area (TPSA) is 76.8 Å². The van der Waals surface area contributed by atoms with Crippen molar-refractivity contribution in [2.24, 2.45) is 0 Å². The van der Waals surface area contributed by atoms with Gasteiger partial charge in [0.15, 0.2) is 0 Å². The average Bonchev–Trinajstić information content (AvgIpc) is 2.57. The largest absolute Gasteiger partial charge is 0.452 e. The van der Waals surface area contributed by atoms with Gasteiger partial charge in [-0.2, -0.15) is 0 Å². The van der Waals surface area contributed by atoms with E-state index in [2.05, 4.69) is 5.32 Å². The van der Waals surface area contributed by atoms with Gasteiger partial charge in [-0.3, -0.25) is 4.90 Å². The van der Waals surface area contributed by atoms with Crippen LogP contribution in [0.1, 0.15) is 31.7 Å². The lowest BCUT2D eigenvalue weighted by molar-refractivity contribution is 0.0904. The second-order valence-electron chi connectivity index (χ2n) is 6.28. The van der Waals surface area contributed by atoms with Crippen LogP contribution in [-0.4, -0.2) is 38.5 Å². The van der Waals surface area contributed by atoms with E-state index in [-0.39, 0.29) is 12.1 Å². The van der Waals surface area contributed by atoms with Crippen LogP contribution in [0.3, 0.4) is 0 Å². The molecular weight excluding hydrogens is 294 g/mol. The number of nitrogens with two attached hydrogens (primary N) is 1. The van der Waals surface area contributed by atoms with Crippen molar-refractivity contribution in [1.82, 2.24) is 0 Å². The highest BCUT2D eigenvalue weighted by Crippen LogP contribution is 2.39. The fraction of sp³-hybridized carbons (Fsp3) is 0.588. The maximum atomic E-state index is 12.1. The first-order valence-electron chi connectivity index (χ1n) is 8.24. The van der Waals surface area contributed by atoms with Crippen LogP contribution >= 0.6 is 0 Å². The van der Waals surface area contributed by atoms with Gasteiger partial charge in [0, 0.05) is 30.9 Å². The smallest absolute Gasteiger partial charge is 0.414 e. The Morgan fingerprint density at radius 1 is 1.35 bits per heavy atom. The Balaban J connectivity index is 1.88. The molecular formula is C17H25N3O3. The second kappa shape index (κ2) is 6.66. The number of rotatable bonds is 2. The molecule has 1 aromatic rings. The summed E-state index contributed by atoms with van der Waals surface area (Å²) in [5.74, 6) is 0. The number of fused-ring (bicyclic) bond motifs is 1. The van der Waals surface area contributed by atoms with E-state index in [0.29, 0.717) is 6.04 Å². The molecule has 1 amide bonds. The summed E-state index contributed by atoms with van der Waals surface area (Å²) < 4.78 is 10.3. The van der Waals surface area contributed by atoms with Gasteiger partial charge in [0.25, 0.3) is 0 Å². The van der Waals surface area contributed by atoms with Crippen molar-refractivity contribution in [2.45, 2.75) is 44.7 Å². The van der Waals surface area contributed by atoms with Crippen LogP contribution in [0.5, 0.6) is 0 Å². The fourth-order valence-corrected chi connectivity index (χ4v) is 3.43. The van der Waals surface area contributed by atoms with Gasteiger partial charge in [-0.15, -0.1) is 0 Å². The highest BCUT2D eigenvalue weighted by molar-refractivity contribution is 5.93. The molecule has 1 atom stereocenters. The van der Waals surface area contributed by atoms with E-state index in [0.717, 1.165) is 61.5 Å². The molecule has 0 aromatic heterocycles. The Labute approximate surface area is 136 Å². The summed E-state index contributed by atoms with van der Waals surface area (Å²) in [4.78, 5) is 13.8. The summed E-state index contributed by atoms with van der Waals surface area (Å²) in [5.41, 5.74) is 10.00. The Morgan fingerprint density at radius 2 is 2.09 bits per heavy atom. The van der Waals surface area contributed by atoms with E-state index in [4.69, 9.17) is 15.2 Å². The Kier molecular flexibility index (Phi) is 4.61. The molecule has 126 valence electrons. The van der Waals surface area contributed by atoms with Crippen LogP contribution in [0.25, 0.3) is 0 Å². The van der Waals surface area contributed by atoms with Crippen molar-refractivity contribution in [3.63, 3.8) is 0 Å². The number of anilines is 3. The molecule has 6 nitrogen and oxygen atoms in total. The van der Waals surface area contributed by atoms with E-state index in [1.54, 1.807) is 4.90 Å². The molecule has 1 aromatic carbocycles. The third kappa shape index (κ3) is 3.08. The lowest BCUT2D eigenvalue weighted by atomic mass is 9.94. The molecule has 0 bridgehead atoms. The molecule has 2 aliphatic rings. The van der Waals surface area contributed by atoms with Crippen molar-refractivity contribution in [1.29, 1.82) is 0 Å². The van der Waals surface area contributed by atoms with Crippen molar-refractivity contribution >= 4 is 23.2 Å². The van der Waals surface area contributed by atoms with Crippen molar-refractivity contribution in [3.8, 4) is 0 Å². The molecule has 3 N–H and O–H groups in total. The van der Waals surface area contributed by atoms with Gasteiger partial charge >= 0.3 is 6.09 Å². The van der Waals surface area contributed by atoms with Gasteiger partial charge < -0.3 is 20.5 Å². The molecule has 0 saturated carbocycles. The lowest BCUT2D eigenvalue weighted by Crippen LogP contribution is -2.42. The van der Waals surface area contributed by atoms with Crippen molar-refractivity contribution in [3.05, 3.63) is 17.7 Å². The predicted octanol–water partition coefficient (Wildman–Crippen LogP) is 2.77. The minimum Gasteiger partial charge on any atom is -0.452 e. The number of carbonyl (C=O) groups is 1. The molecule has 23 heavy (non-hydrogen) atoms. The summed E-state index contributed by atoms with van der Waals surface area (Å²) >= 11 is 0. The normalized spacial score (nSPS) is 21.7. The second-order valence-corrected chi connectivity index (χ2v) is 6.28. The van der Waals surface area contributed by atoms with E-state index in [1.165, 1.54) is 7.11 Å². The molecule has 3 rings (SSSR count). The standard InChI is InChI=1S/C17H25N3O3/c1-11-3-4-13-15(20(11)17(21)22-2)6-5-14(16(13)18)19-12-7-9-23-10-8-12/h5-6,11-12,19H,3-4,7-10,18H2,1-2H3. The third-order valence-electron chi connectivity index (χ3n) is 4.80. The number of hydrogen-bond acceptors (Lipinski definition) is 5. The van der Waals surface area contributed by atoms with Gasteiger partial charge in [-0.25, -0.2) is 4.79 Å². The van der Waals surface area contributed by atoms with E-state index < -0.39 is 0 Å². The van der Waals surface area contributed by atoms with Crippen molar-refractivity contribution in [2.75, 3.05) is 36.3 Å². The zero-order chi connectivity index (χ0) is 16.4. The number of hydrogen-bond donors (Lipinski definition) is 2. The van der Waals surface area contributed by atoms with Gasteiger partial charge in [0.2, 0.25) is 0 Å². The van der Waals surface area contributed by atoms with Crippen LogP contribution in [0.4, 0.5) is 21.9 Å². The SMILES string of the molecule is COC(=O)N1c2ccc(NC3CCOCC3)c(N)c2CCC1C. The molecule has 6 heteroatoms. The first-order valence-corrected chi connectivity index (χ1v) is 8.24. The molecule has 1 fully saturated rings. The van der Waals surface area contributed by atoms with Gasteiger partial charge in [-0.05, 0) is 44.7 Å². The molecule has 2 aliphatic heterocycles. The fourth-order valence-electron chi connectivity index (χ4n) is 3.43. The number of amides is 1. The molecule has 0 spiro atoms. The Morgan fingerprint density at radius 3 is 2.78 bits per heavy atom. The molecule has 0 aliphatic carbocycles. The Bertz CT molecular complexity index is 585. The summed E-state index contributed by atoms with van der Waals surface area (Å²) in [7, 11) is 1.41. The highest BCUT2D eigenvalue weighted by atomic mass is 16.5. The average molecular weight is 319 g/mol. The van der Waals surface area contributed by atoms with Crippen molar-refractivity contribution < 1.29 is 14.3 Å². The zero-order valence-electron chi connectivity index (χ0n) is 13.8. The van der Waals surface area contributed by atoms with Crippen LogP contribution < -0.4 is 16.0 Å². The van der Waals surface area contributed by atoms with Gasteiger partial charge in [0.05, 0.1) is 24.2 Å². The van der Waals surface area contributed by atoms with E-state index in [9.17, 15) is 4.79 Å². The number of benzene rings is 1.